The number of hydrogen-bond acceptors (Lipinski definition) is 1. The molecule has 1 amide bonds. The van der Waals surface area contributed by atoms with E-state index in [2.05, 4.69) is 21.2 Å². The van der Waals surface area contributed by atoms with Crippen molar-refractivity contribution < 1.29 is 13.6 Å². The van der Waals surface area contributed by atoms with Crippen molar-refractivity contribution in [2.24, 2.45) is 0 Å². The lowest BCUT2D eigenvalue weighted by atomic mass is 10.1. The van der Waals surface area contributed by atoms with Crippen molar-refractivity contribution in [3.05, 3.63) is 69.7 Å². The highest BCUT2D eigenvalue weighted by Crippen LogP contribution is 2.15. The second-order valence-electron chi connectivity index (χ2n) is 4.28. The lowest BCUT2D eigenvalue weighted by Crippen LogP contribution is -2.25. The third kappa shape index (κ3) is 3.87. The van der Waals surface area contributed by atoms with Crippen LogP contribution in [0.1, 0.15) is 11.1 Å². The average molecular weight is 340 g/mol. The number of amides is 1. The van der Waals surface area contributed by atoms with Gasteiger partial charge < -0.3 is 5.32 Å². The molecular weight excluding hydrogens is 328 g/mol. The van der Waals surface area contributed by atoms with Crippen LogP contribution >= 0.6 is 15.9 Å². The molecule has 104 valence electrons. The van der Waals surface area contributed by atoms with Gasteiger partial charge in [-0.15, -0.1) is 0 Å². The van der Waals surface area contributed by atoms with Crippen LogP contribution in [-0.2, 0) is 17.8 Å². The summed E-state index contributed by atoms with van der Waals surface area (Å²) < 4.78 is 27.1. The van der Waals surface area contributed by atoms with Crippen LogP contribution < -0.4 is 5.32 Å². The molecule has 0 aliphatic rings. The molecular formula is C15H12BrF2NO. The van der Waals surface area contributed by atoms with Crippen molar-refractivity contribution in [3.63, 3.8) is 0 Å². The van der Waals surface area contributed by atoms with E-state index in [-0.39, 0.29) is 17.9 Å². The van der Waals surface area contributed by atoms with Gasteiger partial charge >= 0.3 is 0 Å². The third-order valence-corrected chi connectivity index (χ3v) is 3.57. The zero-order chi connectivity index (χ0) is 14.5. The summed E-state index contributed by atoms with van der Waals surface area (Å²) in [5.74, 6) is -1.67. The van der Waals surface area contributed by atoms with E-state index in [4.69, 9.17) is 0 Å². The van der Waals surface area contributed by atoms with Crippen LogP contribution in [0.3, 0.4) is 0 Å². The largest absolute Gasteiger partial charge is 0.352 e. The Balaban J connectivity index is 1.94. The van der Waals surface area contributed by atoms with Crippen LogP contribution in [0, 0.1) is 11.6 Å². The Morgan fingerprint density at radius 1 is 1.10 bits per heavy atom. The standard InChI is InChI=1S/C15H12BrF2NO/c16-13-4-2-1-3-11(13)9-19-15(20)7-10-5-6-12(17)8-14(10)18/h1-6,8H,7,9H2,(H,19,20). The maximum atomic E-state index is 13.4. The second-order valence-corrected chi connectivity index (χ2v) is 5.13. The first-order valence-corrected chi connectivity index (χ1v) is 6.79. The second kappa shape index (κ2) is 6.61. The molecule has 20 heavy (non-hydrogen) atoms. The van der Waals surface area contributed by atoms with Crippen LogP contribution in [0.2, 0.25) is 0 Å². The first kappa shape index (κ1) is 14.7. The molecule has 5 heteroatoms. The number of rotatable bonds is 4. The molecule has 0 unspecified atom stereocenters. The molecule has 0 atom stereocenters. The predicted octanol–water partition coefficient (Wildman–Crippen LogP) is 3.59. The Hall–Kier alpha value is -1.75. The van der Waals surface area contributed by atoms with Gasteiger partial charge in [0.25, 0.3) is 0 Å². The zero-order valence-corrected chi connectivity index (χ0v) is 12.1. The van der Waals surface area contributed by atoms with Gasteiger partial charge in [-0.2, -0.15) is 0 Å². The van der Waals surface area contributed by atoms with Crippen molar-refractivity contribution in [2.75, 3.05) is 0 Å². The number of benzene rings is 2. The van der Waals surface area contributed by atoms with E-state index >= 15 is 0 Å². The third-order valence-electron chi connectivity index (χ3n) is 2.80. The summed E-state index contributed by atoms with van der Waals surface area (Å²) in [6, 6.07) is 10.7. The summed E-state index contributed by atoms with van der Waals surface area (Å²) in [6.45, 7) is 0.350. The van der Waals surface area contributed by atoms with Crippen LogP contribution in [0.5, 0.6) is 0 Å². The number of nitrogens with one attached hydrogen (secondary N) is 1. The minimum absolute atomic E-state index is 0.115. The SMILES string of the molecule is O=C(Cc1ccc(F)cc1F)NCc1ccccc1Br. The minimum atomic E-state index is -0.707. The van der Waals surface area contributed by atoms with Gasteiger partial charge in [-0.05, 0) is 23.3 Å². The van der Waals surface area contributed by atoms with Gasteiger partial charge in [-0.25, -0.2) is 8.78 Å². The first-order chi connectivity index (χ1) is 9.56. The molecule has 1 N–H and O–H groups in total. The quantitative estimate of drug-likeness (QED) is 0.906. The van der Waals surface area contributed by atoms with E-state index in [1.54, 1.807) is 0 Å². The normalized spacial score (nSPS) is 10.3. The van der Waals surface area contributed by atoms with Crippen molar-refractivity contribution in [2.45, 2.75) is 13.0 Å². The van der Waals surface area contributed by atoms with Crippen LogP contribution in [0.25, 0.3) is 0 Å². The molecule has 2 rings (SSSR count). The Kier molecular flexibility index (Phi) is 4.84. The van der Waals surface area contributed by atoms with Gasteiger partial charge in [0.1, 0.15) is 11.6 Å². The number of carbonyl (C=O) groups excluding carboxylic acids is 1. The van der Waals surface area contributed by atoms with E-state index in [0.29, 0.717) is 6.54 Å². The van der Waals surface area contributed by atoms with E-state index in [9.17, 15) is 13.6 Å². The topological polar surface area (TPSA) is 29.1 Å². The van der Waals surface area contributed by atoms with E-state index in [1.807, 2.05) is 24.3 Å². The molecule has 0 fully saturated rings. The number of halogens is 3. The predicted molar refractivity (Wildman–Crippen MR) is 76.1 cm³/mol. The maximum absolute atomic E-state index is 13.4. The minimum Gasteiger partial charge on any atom is -0.352 e. The molecule has 0 radical (unpaired) electrons. The molecule has 2 aromatic rings. The molecule has 0 spiro atoms. The van der Waals surface area contributed by atoms with Gasteiger partial charge in [0.05, 0.1) is 6.42 Å². The van der Waals surface area contributed by atoms with Gasteiger partial charge in [0.15, 0.2) is 0 Å². The van der Waals surface area contributed by atoms with Crippen molar-refractivity contribution in [1.29, 1.82) is 0 Å². The van der Waals surface area contributed by atoms with Gasteiger partial charge in [0.2, 0.25) is 5.91 Å². The number of hydrogen-bond donors (Lipinski definition) is 1. The molecule has 0 saturated heterocycles. The van der Waals surface area contributed by atoms with Gasteiger partial charge in [-0.1, -0.05) is 40.2 Å². The molecule has 0 saturated carbocycles. The molecule has 2 aromatic carbocycles. The zero-order valence-electron chi connectivity index (χ0n) is 10.5. The molecule has 0 aliphatic carbocycles. The average Bonchev–Trinajstić information content (AvgIpc) is 2.41. The molecule has 2 nitrogen and oxygen atoms in total. The lowest BCUT2D eigenvalue weighted by Gasteiger charge is -2.07. The lowest BCUT2D eigenvalue weighted by molar-refractivity contribution is -0.120. The van der Waals surface area contributed by atoms with Crippen LogP contribution in [-0.4, -0.2) is 5.91 Å². The summed E-state index contributed by atoms with van der Waals surface area (Å²) in [5.41, 5.74) is 1.11. The summed E-state index contributed by atoms with van der Waals surface area (Å²) in [5, 5.41) is 2.70. The highest BCUT2D eigenvalue weighted by Gasteiger charge is 2.09. The molecule has 0 bridgehead atoms. The summed E-state index contributed by atoms with van der Waals surface area (Å²) in [6.07, 6.45) is -0.115. The summed E-state index contributed by atoms with van der Waals surface area (Å²) >= 11 is 3.38. The molecule has 0 aromatic heterocycles. The van der Waals surface area contributed by atoms with Gasteiger partial charge in [0, 0.05) is 17.1 Å². The Bertz CT molecular complexity index is 631. The van der Waals surface area contributed by atoms with Crippen LogP contribution in [0.15, 0.2) is 46.9 Å². The van der Waals surface area contributed by atoms with Crippen LogP contribution in [0.4, 0.5) is 8.78 Å². The summed E-state index contributed by atoms with van der Waals surface area (Å²) in [4.78, 5) is 11.7. The Labute approximate surface area is 123 Å². The molecule has 0 heterocycles. The monoisotopic (exact) mass is 339 g/mol. The van der Waals surface area contributed by atoms with Crippen molar-refractivity contribution in [1.82, 2.24) is 5.32 Å². The number of carbonyl (C=O) groups is 1. The Morgan fingerprint density at radius 3 is 2.55 bits per heavy atom. The van der Waals surface area contributed by atoms with E-state index in [0.717, 1.165) is 22.2 Å². The fourth-order valence-corrected chi connectivity index (χ4v) is 2.16. The fourth-order valence-electron chi connectivity index (χ4n) is 1.74. The molecule has 0 aliphatic heterocycles. The fraction of sp³-hybridized carbons (Fsp3) is 0.133. The van der Waals surface area contributed by atoms with Crippen molar-refractivity contribution in [3.8, 4) is 0 Å². The highest BCUT2D eigenvalue weighted by molar-refractivity contribution is 9.10. The van der Waals surface area contributed by atoms with Crippen molar-refractivity contribution >= 4 is 21.8 Å². The first-order valence-electron chi connectivity index (χ1n) is 6.00. The van der Waals surface area contributed by atoms with Gasteiger partial charge in [-0.3, -0.25) is 4.79 Å². The smallest absolute Gasteiger partial charge is 0.224 e. The summed E-state index contributed by atoms with van der Waals surface area (Å²) in [7, 11) is 0. The van der Waals surface area contributed by atoms with E-state index < -0.39 is 11.6 Å². The highest BCUT2D eigenvalue weighted by atomic mass is 79.9. The Morgan fingerprint density at radius 2 is 1.85 bits per heavy atom. The van der Waals surface area contributed by atoms with E-state index in [1.165, 1.54) is 6.07 Å². The maximum Gasteiger partial charge on any atom is 0.224 e.